The molecule has 2 rings (SSSR count). The molecule has 0 unspecified atom stereocenters. The van der Waals surface area contributed by atoms with Crippen LogP contribution < -0.4 is 5.32 Å². The molecule has 0 saturated carbocycles. The molecule has 0 aromatic carbocycles. The van der Waals surface area contributed by atoms with Gasteiger partial charge in [-0.05, 0) is 24.9 Å². The largest absolute Gasteiger partial charge is 0.316 e. The Balaban J connectivity index is 1.95. The molecule has 2 aromatic heterocycles. The van der Waals surface area contributed by atoms with E-state index < -0.39 is 0 Å². The van der Waals surface area contributed by atoms with Crippen LogP contribution in [0, 0.1) is 0 Å². The monoisotopic (exact) mass is 222 g/mol. The van der Waals surface area contributed by atoms with Crippen LogP contribution >= 0.6 is 11.3 Å². The summed E-state index contributed by atoms with van der Waals surface area (Å²) in [4.78, 5) is 1.40. The highest BCUT2D eigenvalue weighted by atomic mass is 32.1. The van der Waals surface area contributed by atoms with Gasteiger partial charge in [-0.25, -0.2) is 0 Å². The van der Waals surface area contributed by atoms with Crippen LogP contribution in [0.3, 0.4) is 0 Å². The molecule has 5 heteroatoms. The number of hydrogen-bond donors (Lipinski definition) is 1. The molecular formula is C10H14N4S. The minimum absolute atomic E-state index is 0.768. The quantitative estimate of drug-likeness (QED) is 0.829. The Labute approximate surface area is 93.0 Å². The third-order valence-electron chi connectivity index (χ3n) is 2.21. The number of nitrogens with zero attached hydrogens (tertiary/aromatic N) is 3. The molecular weight excluding hydrogens is 208 g/mol. The molecule has 0 radical (unpaired) electrons. The summed E-state index contributed by atoms with van der Waals surface area (Å²) in [5, 5.41) is 13.2. The van der Waals surface area contributed by atoms with Gasteiger partial charge < -0.3 is 9.88 Å². The van der Waals surface area contributed by atoms with Crippen molar-refractivity contribution in [1.29, 1.82) is 0 Å². The zero-order chi connectivity index (χ0) is 10.5. The average molecular weight is 222 g/mol. The van der Waals surface area contributed by atoms with E-state index in [4.69, 9.17) is 0 Å². The lowest BCUT2D eigenvalue weighted by Crippen LogP contribution is -2.12. The van der Waals surface area contributed by atoms with Gasteiger partial charge in [-0.1, -0.05) is 6.07 Å². The van der Waals surface area contributed by atoms with Crippen LogP contribution in [0.15, 0.2) is 23.8 Å². The lowest BCUT2D eigenvalue weighted by molar-refractivity contribution is 0.628. The molecule has 0 spiro atoms. The third kappa shape index (κ3) is 2.64. The Morgan fingerprint density at radius 3 is 3.20 bits per heavy atom. The van der Waals surface area contributed by atoms with E-state index in [1.807, 2.05) is 7.05 Å². The summed E-state index contributed by atoms with van der Waals surface area (Å²) in [6.07, 6.45) is 2.84. The maximum Gasteiger partial charge on any atom is 0.146 e. The fourth-order valence-electron chi connectivity index (χ4n) is 1.45. The van der Waals surface area contributed by atoms with Gasteiger partial charge in [0.15, 0.2) is 0 Å². The van der Waals surface area contributed by atoms with Crippen LogP contribution in [0.5, 0.6) is 0 Å². The molecule has 80 valence electrons. The Morgan fingerprint density at radius 1 is 1.53 bits per heavy atom. The first-order valence-corrected chi connectivity index (χ1v) is 5.82. The Bertz CT molecular complexity index is 393. The van der Waals surface area contributed by atoms with Crippen molar-refractivity contribution in [3.8, 4) is 0 Å². The number of hydrogen-bond acceptors (Lipinski definition) is 4. The molecule has 0 amide bonds. The highest BCUT2D eigenvalue weighted by molar-refractivity contribution is 7.09. The first kappa shape index (κ1) is 10.3. The summed E-state index contributed by atoms with van der Waals surface area (Å²) in [5.74, 6) is 0.994. The predicted molar refractivity (Wildman–Crippen MR) is 60.8 cm³/mol. The summed E-state index contributed by atoms with van der Waals surface area (Å²) < 4.78 is 2.09. The molecule has 0 fully saturated rings. The predicted octanol–water partition coefficient (Wildman–Crippen LogP) is 1.30. The molecule has 0 atom stereocenters. The molecule has 2 heterocycles. The fraction of sp³-hybridized carbons (Fsp3) is 0.400. The van der Waals surface area contributed by atoms with Crippen molar-refractivity contribution >= 4 is 11.3 Å². The smallest absolute Gasteiger partial charge is 0.146 e. The van der Waals surface area contributed by atoms with E-state index in [0.717, 1.165) is 25.3 Å². The minimum atomic E-state index is 0.768. The fourth-order valence-corrected chi connectivity index (χ4v) is 2.14. The van der Waals surface area contributed by atoms with Crippen LogP contribution in [0.1, 0.15) is 10.7 Å². The Hall–Kier alpha value is -1.20. The van der Waals surface area contributed by atoms with Gasteiger partial charge in [0, 0.05) is 11.4 Å². The molecule has 0 aliphatic heterocycles. The van der Waals surface area contributed by atoms with Crippen molar-refractivity contribution < 1.29 is 0 Å². The molecule has 1 N–H and O–H groups in total. The zero-order valence-corrected chi connectivity index (χ0v) is 9.50. The van der Waals surface area contributed by atoms with Crippen LogP contribution in [-0.4, -0.2) is 21.8 Å². The summed E-state index contributed by atoms with van der Waals surface area (Å²) in [6, 6.07) is 4.24. The topological polar surface area (TPSA) is 42.7 Å². The number of rotatable bonds is 5. The van der Waals surface area contributed by atoms with Crippen molar-refractivity contribution in [1.82, 2.24) is 20.1 Å². The summed E-state index contributed by atoms with van der Waals surface area (Å²) >= 11 is 1.79. The van der Waals surface area contributed by atoms with Crippen molar-refractivity contribution in [2.45, 2.75) is 19.5 Å². The van der Waals surface area contributed by atoms with Crippen LogP contribution in [-0.2, 0) is 19.5 Å². The van der Waals surface area contributed by atoms with Crippen LogP contribution in [0.2, 0.25) is 0 Å². The van der Waals surface area contributed by atoms with Gasteiger partial charge in [-0.3, -0.25) is 0 Å². The van der Waals surface area contributed by atoms with Crippen molar-refractivity contribution in [2.75, 3.05) is 7.05 Å². The van der Waals surface area contributed by atoms with E-state index in [9.17, 15) is 0 Å². The van der Waals surface area contributed by atoms with Gasteiger partial charge in [-0.15, -0.1) is 21.5 Å². The Morgan fingerprint density at radius 2 is 2.47 bits per heavy atom. The minimum Gasteiger partial charge on any atom is -0.316 e. The van der Waals surface area contributed by atoms with Crippen LogP contribution in [0.25, 0.3) is 0 Å². The molecule has 0 aliphatic carbocycles. The molecule has 0 aliphatic rings. The van der Waals surface area contributed by atoms with Crippen LogP contribution in [0.4, 0.5) is 0 Å². The second-order valence-electron chi connectivity index (χ2n) is 3.30. The highest BCUT2D eigenvalue weighted by Gasteiger charge is 2.02. The maximum atomic E-state index is 4.06. The standard InChI is InChI=1S/C10H14N4S/c1-11-7-10-13-12-8-14(10)5-4-9-3-2-6-15-9/h2-3,6,8,11H,4-5,7H2,1H3. The molecule has 15 heavy (non-hydrogen) atoms. The van der Waals surface area contributed by atoms with E-state index in [1.54, 1.807) is 17.7 Å². The Kier molecular flexibility index (Phi) is 3.47. The second-order valence-corrected chi connectivity index (χ2v) is 4.33. The van der Waals surface area contributed by atoms with Crippen molar-refractivity contribution in [2.24, 2.45) is 0 Å². The number of thiophene rings is 1. The first-order chi connectivity index (χ1) is 7.40. The second kappa shape index (κ2) is 5.04. The molecule has 4 nitrogen and oxygen atoms in total. The number of nitrogens with one attached hydrogen (secondary N) is 1. The summed E-state index contributed by atoms with van der Waals surface area (Å²) in [5.41, 5.74) is 0. The lowest BCUT2D eigenvalue weighted by atomic mass is 10.3. The lowest BCUT2D eigenvalue weighted by Gasteiger charge is -2.04. The third-order valence-corrected chi connectivity index (χ3v) is 3.15. The average Bonchev–Trinajstić information content (AvgIpc) is 2.85. The van der Waals surface area contributed by atoms with Gasteiger partial charge in [-0.2, -0.15) is 0 Å². The summed E-state index contributed by atoms with van der Waals surface area (Å²) in [6.45, 7) is 1.72. The summed E-state index contributed by atoms with van der Waals surface area (Å²) in [7, 11) is 1.91. The van der Waals surface area contributed by atoms with Gasteiger partial charge in [0.1, 0.15) is 12.2 Å². The first-order valence-electron chi connectivity index (χ1n) is 4.94. The van der Waals surface area contributed by atoms with E-state index in [0.29, 0.717) is 0 Å². The normalized spacial score (nSPS) is 10.7. The van der Waals surface area contributed by atoms with Gasteiger partial charge in [0.05, 0.1) is 6.54 Å². The maximum absolute atomic E-state index is 4.06. The molecule has 2 aromatic rings. The van der Waals surface area contributed by atoms with Crippen molar-refractivity contribution in [3.63, 3.8) is 0 Å². The number of aromatic nitrogens is 3. The van der Waals surface area contributed by atoms with E-state index >= 15 is 0 Å². The van der Waals surface area contributed by atoms with Gasteiger partial charge >= 0.3 is 0 Å². The van der Waals surface area contributed by atoms with Crippen molar-refractivity contribution in [3.05, 3.63) is 34.5 Å². The van der Waals surface area contributed by atoms with E-state index in [2.05, 4.69) is 37.6 Å². The van der Waals surface area contributed by atoms with E-state index in [-0.39, 0.29) is 0 Å². The molecule has 0 saturated heterocycles. The van der Waals surface area contributed by atoms with Gasteiger partial charge in [0.25, 0.3) is 0 Å². The number of aryl methyl sites for hydroxylation is 2. The van der Waals surface area contributed by atoms with Gasteiger partial charge in [0.2, 0.25) is 0 Å². The highest BCUT2D eigenvalue weighted by Crippen LogP contribution is 2.10. The van der Waals surface area contributed by atoms with E-state index in [1.165, 1.54) is 4.88 Å². The SMILES string of the molecule is CNCc1nncn1CCc1cccs1. The molecule has 0 bridgehead atoms. The zero-order valence-electron chi connectivity index (χ0n) is 8.68.